The minimum atomic E-state index is -0.160. The first-order valence-electron chi connectivity index (χ1n) is 5.68. The summed E-state index contributed by atoms with van der Waals surface area (Å²) < 4.78 is 10.8. The summed E-state index contributed by atoms with van der Waals surface area (Å²) in [6.45, 7) is 7.14. The maximum atomic E-state index is 5.47. The maximum absolute atomic E-state index is 5.47. The van der Waals surface area contributed by atoms with Crippen LogP contribution in [0.2, 0.25) is 0 Å². The quantitative estimate of drug-likeness (QED) is 0.774. The first-order valence-corrected chi connectivity index (χ1v) is 5.68. The number of rotatable bonds is 6. The molecule has 0 heterocycles. The summed E-state index contributed by atoms with van der Waals surface area (Å²) in [5, 5.41) is 0. The van der Waals surface area contributed by atoms with E-state index >= 15 is 0 Å². The fourth-order valence-corrected chi connectivity index (χ4v) is 1.65. The van der Waals surface area contributed by atoms with Gasteiger partial charge in [0, 0.05) is 5.41 Å². The molecule has 96 valence electrons. The molecule has 0 aliphatic heterocycles. The van der Waals surface area contributed by atoms with Gasteiger partial charge in [-0.25, -0.2) is 5.90 Å². The third kappa shape index (κ3) is 3.35. The Morgan fingerprint density at radius 1 is 1.24 bits per heavy atom. The van der Waals surface area contributed by atoms with Crippen LogP contribution >= 0.6 is 0 Å². The van der Waals surface area contributed by atoms with Crippen molar-refractivity contribution in [3.05, 3.63) is 23.8 Å². The van der Waals surface area contributed by atoms with Crippen molar-refractivity contribution in [1.29, 1.82) is 0 Å². The van der Waals surface area contributed by atoms with E-state index in [1.807, 2.05) is 25.1 Å². The lowest BCUT2D eigenvalue weighted by molar-refractivity contribution is 0.0963. The second kappa shape index (κ2) is 5.89. The molecule has 1 aromatic rings. The zero-order valence-electron chi connectivity index (χ0n) is 10.9. The van der Waals surface area contributed by atoms with E-state index in [-0.39, 0.29) is 5.41 Å². The fourth-order valence-electron chi connectivity index (χ4n) is 1.65. The van der Waals surface area contributed by atoms with Gasteiger partial charge in [-0.05, 0) is 24.6 Å². The van der Waals surface area contributed by atoms with Gasteiger partial charge in [-0.15, -0.1) is 0 Å². The van der Waals surface area contributed by atoms with E-state index in [9.17, 15) is 0 Å². The number of methoxy groups -OCH3 is 1. The predicted molar refractivity (Wildman–Crippen MR) is 67.3 cm³/mol. The highest BCUT2D eigenvalue weighted by molar-refractivity contribution is 5.45. The third-order valence-corrected chi connectivity index (χ3v) is 2.69. The Labute approximate surface area is 103 Å². The molecule has 1 aromatic carbocycles. The van der Waals surface area contributed by atoms with Gasteiger partial charge in [-0.3, -0.25) is 0 Å². The number of nitrogens with two attached hydrogens (primary N) is 1. The summed E-state index contributed by atoms with van der Waals surface area (Å²) >= 11 is 0. The molecule has 0 radical (unpaired) electrons. The first kappa shape index (κ1) is 13.8. The lowest BCUT2D eigenvalue weighted by Crippen LogP contribution is -2.26. The van der Waals surface area contributed by atoms with Gasteiger partial charge in [0.2, 0.25) is 0 Å². The van der Waals surface area contributed by atoms with E-state index in [1.165, 1.54) is 0 Å². The average Bonchev–Trinajstić information content (AvgIpc) is 2.29. The Morgan fingerprint density at radius 2 is 1.94 bits per heavy atom. The fraction of sp³-hybridized carbons (Fsp3) is 0.538. The van der Waals surface area contributed by atoms with Gasteiger partial charge in [0.1, 0.15) is 0 Å². The highest BCUT2D eigenvalue weighted by Gasteiger charge is 2.22. The highest BCUT2D eigenvalue weighted by Crippen LogP contribution is 2.33. The molecule has 4 heteroatoms. The number of benzene rings is 1. The second-order valence-corrected chi connectivity index (χ2v) is 4.49. The van der Waals surface area contributed by atoms with Crippen molar-refractivity contribution in [1.82, 2.24) is 0 Å². The van der Waals surface area contributed by atoms with Gasteiger partial charge < -0.3 is 14.3 Å². The molecule has 0 amide bonds. The van der Waals surface area contributed by atoms with Gasteiger partial charge in [0.15, 0.2) is 11.5 Å². The van der Waals surface area contributed by atoms with Gasteiger partial charge in [0.05, 0.1) is 20.3 Å². The van der Waals surface area contributed by atoms with E-state index in [1.54, 1.807) is 7.11 Å². The SMILES string of the molecule is CCOc1ccc(C(C)(C)CON)cc1OC. The van der Waals surface area contributed by atoms with Gasteiger partial charge >= 0.3 is 0 Å². The van der Waals surface area contributed by atoms with Gasteiger partial charge in [-0.1, -0.05) is 19.9 Å². The van der Waals surface area contributed by atoms with E-state index in [2.05, 4.69) is 13.8 Å². The van der Waals surface area contributed by atoms with E-state index in [0.29, 0.717) is 13.2 Å². The van der Waals surface area contributed by atoms with Crippen molar-refractivity contribution in [3.63, 3.8) is 0 Å². The molecule has 0 saturated heterocycles. The van der Waals surface area contributed by atoms with Crippen LogP contribution in [0.25, 0.3) is 0 Å². The number of ether oxygens (including phenoxy) is 2. The van der Waals surface area contributed by atoms with Crippen LogP contribution in [-0.2, 0) is 10.3 Å². The first-order chi connectivity index (χ1) is 8.05. The summed E-state index contributed by atoms with van der Waals surface area (Å²) in [6.07, 6.45) is 0. The average molecular weight is 239 g/mol. The van der Waals surface area contributed by atoms with Crippen molar-refractivity contribution < 1.29 is 14.3 Å². The van der Waals surface area contributed by atoms with Crippen molar-refractivity contribution >= 4 is 0 Å². The Hall–Kier alpha value is -1.26. The molecule has 17 heavy (non-hydrogen) atoms. The molecular weight excluding hydrogens is 218 g/mol. The topological polar surface area (TPSA) is 53.7 Å². The molecule has 0 aliphatic rings. The van der Waals surface area contributed by atoms with E-state index < -0.39 is 0 Å². The molecule has 0 aliphatic carbocycles. The van der Waals surface area contributed by atoms with Crippen LogP contribution in [0.1, 0.15) is 26.3 Å². The largest absolute Gasteiger partial charge is 0.493 e. The minimum absolute atomic E-state index is 0.160. The van der Waals surface area contributed by atoms with Crippen LogP contribution in [-0.4, -0.2) is 20.3 Å². The normalized spacial score (nSPS) is 11.4. The Balaban J connectivity index is 3.04. The standard InChI is InChI=1S/C13H21NO3/c1-5-16-11-7-6-10(8-12(11)15-4)13(2,3)9-17-14/h6-8H,5,9,14H2,1-4H3. The number of hydrogen-bond acceptors (Lipinski definition) is 4. The monoisotopic (exact) mass is 239 g/mol. The highest BCUT2D eigenvalue weighted by atomic mass is 16.6. The summed E-state index contributed by atoms with van der Waals surface area (Å²) in [7, 11) is 1.63. The molecule has 0 atom stereocenters. The van der Waals surface area contributed by atoms with Crippen LogP contribution in [0.3, 0.4) is 0 Å². The molecule has 0 spiro atoms. The van der Waals surface area contributed by atoms with Crippen molar-refractivity contribution in [2.24, 2.45) is 5.90 Å². The smallest absolute Gasteiger partial charge is 0.161 e. The van der Waals surface area contributed by atoms with Crippen LogP contribution in [0, 0.1) is 0 Å². The van der Waals surface area contributed by atoms with Gasteiger partial charge in [-0.2, -0.15) is 0 Å². The van der Waals surface area contributed by atoms with Crippen LogP contribution in [0.15, 0.2) is 18.2 Å². The van der Waals surface area contributed by atoms with Crippen molar-refractivity contribution in [3.8, 4) is 11.5 Å². The van der Waals surface area contributed by atoms with Crippen LogP contribution in [0.5, 0.6) is 11.5 Å². The zero-order chi connectivity index (χ0) is 12.9. The number of hydrogen-bond donors (Lipinski definition) is 1. The maximum Gasteiger partial charge on any atom is 0.161 e. The molecule has 0 fully saturated rings. The molecule has 1 rings (SSSR count). The molecule has 0 aromatic heterocycles. The zero-order valence-corrected chi connectivity index (χ0v) is 10.9. The van der Waals surface area contributed by atoms with Crippen LogP contribution in [0.4, 0.5) is 0 Å². The summed E-state index contributed by atoms with van der Waals surface area (Å²) in [5.74, 6) is 6.63. The molecule has 0 unspecified atom stereocenters. The van der Waals surface area contributed by atoms with Crippen molar-refractivity contribution in [2.45, 2.75) is 26.2 Å². The lowest BCUT2D eigenvalue weighted by atomic mass is 9.85. The Morgan fingerprint density at radius 3 is 2.47 bits per heavy atom. The van der Waals surface area contributed by atoms with E-state index in [4.69, 9.17) is 20.2 Å². The second-order valence-electron chi connectivity index (χ2n) is 4.49. The third-order valence-electron chi connectivity index (χ3n) is 2.69. The molecular formula is C13H21NO3. The Bertz CT molecular complexity index is 364. The van der Waals surface area contributed by atoms with E-state index in [0.717, 1.165) is 17.1 Å². The minimum Gasteiger partial charge on any atom is -0.493 e. The van der Waals surface area contributed by atoms with Crippen LogP contribution < -0.4 is 15.4 Å². The Kier molecular flexibility index (Phi) is 4.78. The predicted octanol–water partition coefficient (Wildman–Crippen LogP) is 2.26. The molecule has 2 N–H and O–H groups in total. The molecule has 0 bridgehead atoms. The summed E-state index contributed by atoms with van der Waals surface area (Å²) in [6, 6.07) is 5.88. The molecule has 4 nitrogen and oxygen atoms in total. The molecule has 0 saturated carbocycles. The summed E-state index contributed by atoms with van der Waals surface area (Å²) in [4.78, 5) is 4.74. The van der Waals surface area contributed by atoms with Gasteiger partial charge in [0.25, 0.3) is 0 Å². The summed E-state index contributed by atoms with van der Waals surface area (Å²) in [5.41, 5.74) is 0.940. The lowest BCUT2D eigenvalue weighted by Gasteiger charge is -2.24. The van der Waals surface area contributed by atoms with Crippen molar-refractivity contribution in [2.75, 3.05) is 20.3 Å².